The molecule has 0 aliphatic carbocycles. The fourth-order valence-electron chi connectivity index (χ4n) is 0.993. The van der Waals surface area contributed by atoms with E-state index >= 15 is 0 Å². The van der Waals surface area contributed by atoms with Gasteiger partial charge < -0.3 is 0 Å². The van der Waals surface area contributed by atoms with Gasteiger partial charge in [-0.2, -0.15) is 13.2 Å². The second-order valence-electron chi connectivity index (χ2n) is 3.13. The van der Waals surface area contributed by atoms with Gasteiger partial charge in [-0.15, -0.1) is 0 Å². The predicted molar refractivity (Wildman–Crippen MR) is 86.4 cm³/mol. The van der Waals surface area contributed by atoms with Crippen molar-refractivity contribution in [1.82, 2.24) is 4.72 Å². The topological polar surface area (TPSA) is 46.2 Å². The first-order valence-corrected chi connectivity index (χ1v) is 8.96. The summed E-state index contributed by atoms with van der Waals surface area (Å²) < 4.78 is 62.1. The molecule has 3 nitrogen and oxygen atoms in total. The Balaban J connectivity index is 2.95. The first kappa shape index (κ1) is 17.2. The maximum Gasteiger partial charge on any atom is 0.511 e. The van der Waals surface area contributed by atoms with Crippen molar-refractivity contribution in [1.29, 1.82) is 0 Å². The molecule has 0 saturated heterocycles. The summed E-state index contributed by atoms with van der Waals surface area (Å²) in [7, 11) is -5.30. The van der Waals surface area contributed by atoms with E-state index in [1.54, 1.807) is 10.8 Å². The molecule has 0 heterocycles. The summed E-state index contributed by atoms with van der Waals surface area (Å²) in [6.45, 7) is -0.382. The minimum atomic E-state index is -5.30. The number of hydrogen-bond donors (Lipinski definition) is 1. The predicted octanol–water partition coefficient (Wildman–Crippen LogP) is 3.44. The van der Waals surface area contributed by atoms with Crippen LogP contribution in [0.15, 0.2) is 12.1 Å². The first-order valence-electron chi connectivity index (χ1n) is 4.24. The lowest BCUT2D eigenvalue weighted by Gasteiger charge is -2.11. The Kier molecular flexibility index (Phi) is 5.97. The third-order valence-corrected chi connectivity index (χ3v) is 6.74. The maximum atomic E-state index is 12.1. The SMILES string of the molecule is O=S(=O)(NCc1cc(I)cc(I)c1I)C(F)(F)F. The standard InChI is InChI=1S/C8H5F3I3NO2S/c9-8(10,11)18(16,17)15-3-4-1-5(12)2-6(13)7(4)14/h1-2,15H,3H2. The van der Waals surface area contributed by atoms with Crippen LogP contribution >= 0.6 is 67.8 Å². The molecule has 0 atom stereocenters. The van der Waals surface area contributed by atoms with Crippen LogP contribution < -0.4 is 4.72 Å². The molecule has 0 radical (unpaired) electrons. The van der Waals surface area contributed by atoms with Gasteiger partial charge in [0.15, 0.2) is 0 Å². The molecule has 1 aromatic carbocycles. The molecule has 1 N–H and O–H groups in total. The minimum absolute atomic E-state index is 0.382. The van der Waals surface area contributed by atoms with Gasteiger partial charge in [-0.3, -0.25) is 0 Å². The molecule has 0 aliphatic rings. The molecular weight excluding hydrogens is 612 g/mol. The zero-order valence-corrected chi connectivity index (χ0v) is 15.6. The van der Waals surface area contributed by atoms with Crippen LogP contribution in [0.4, 0.5) is 13.2 Å². The Hall–Kier alpha value is 1.11. The Bertz CT molecular complexity index is 559. The number of nitrogens with one attached hydrogen (secondary N) is 1. The quantitative estimate of drug-likeness (QED) is 0.418. The Labute approximate surface area is 143 Å². The fourth-order valence-corrected chi connectivity index (χ4v) is 3.97. The van der Waals surface area contributed by atoms with Crippen LogP contribution in [0.5, 0.6) is 0 Å². The van der Waals surface area contributed by atoms with E-state index in [1.165, 1.54) is 0 Å². The summed E-state index contributed by atoms with van der Waals surface area (Å²) >= 11 is 6.02. The number of benzene rings is 1. The van der Waals surface area contributed by atoms with E-state index in [2.05, 4.69) is 0 Å². The number of sulfonamides is 1. The fraction of sp³-hybridized carbons (Fsp3) is 0.250. The van der Waals surface area contributed by atoms with E-state index in [0.717, 1.165) is 10.7 Å². The van der Waals surface area contributed by atoms with Crippen molar-refractivity contribution in [2.24, 2.45) is 0 Å². The van der Waals surface area contributed by atoms with Gasteiger partial charge in [0.05, 0.1) is 0 Å². The Morgan fingerprint density at radius 3 is 2.22 bits per heavy atom. The van der Waals surface area contributed by atoms with Crippen LogP contribution in [-0.4, -0.2) is 13.9 Å². The lowest BCUT2D eigenvalue weighted by atomic mass is 10.2. The number of hydrogen-bond acceptors (Lipinski definition) is 2. The lowest BCUT2D eigenvalue weighted by molar-refractivity contribution is -0.0448. The molecule has 10 heteroatoms. The molecule has 1 rings (SSSR count). The molecule has 18 heavy (non-hydrogen) atoms. The summed E-state index contributed by atoms with van der Waals surface area (Å²) in [5, 5.41) is 0. The maximum absolute atomic E-state index is 12.1. The van der Waals surface area contributed by atoms with Gasteiger partial charge in [-0.1, -0.05) is 0 Å². The zero-order chi connectivity index (χ0) is 14.1. The average molecular weight is 617 g/mol. The number of alkyl halides is 3. The highest BCUT2D eigenvalue weighted by Gasteiger charge is 2.45. The van der Waals surface area contributed by atoms with Crippen molar-refractivity contribution in [3.63, 3.8) is 0 Å². The lowest BCUT2D eigenvalue weighted by Crippen LogP contribution is -2.36. The van der Waals surface area contributed by atoms with Crippen molar-refractivity contribution in [2.75, 3.05) is 0 Å². The average Bonchev–Trinajstić information content (AvgIpc) is 2.19. The highest BCUT2D eigenvalue weighted by Crippen LogP contribution is 2.25. The van der Waals surface area contributed by atoms with E-state index < -0.39 is 15.5 Å². The normalized spacial score (nSPS) is 12.8. The molecule has 0 unspecified atom stereocenters. The van der Waals surface area contributed by atoms with E-state index in [-0.39, 0.29) is 6.54 Å². The molecule has 0 saturated carbocycles. The molecule has 102 valence electrons. The summed E-state index contributed by atoms with van der Waals surface area (Å²) in [4.78, 5) is 0. The molecule has 0 spiro atoms. The van der Waals surface area contributed by atoms with Crippen LogP contribution in [0.25, 0.3) is 0 Å². The zero-order valence-electron chi connectivity index (χ0n) is 8.35. The van der Waals surface area contributed by atoms with Gasteiger partial charge in [0, 0.05) is 17.3 Å². The summed E-state index contributed by atoms with van der Waals surface area (Å²) in [5.74, 6) is 0. The second-order valence-corrected chi connectivity index (χ2v) is 8.38. The highest BCUT2D eigenvalue weighted by atomic mass is 127. The van der Waals surface area contributed by atoms with Crippen LogP contribution in [0.2, 0.25) is 0 Å². The van der Waals surface area contributed by atoms with Crippen LogP contribution in [-0.2, 0) is 16.6 Å². The van der Waals surface area contributed by atoms with Crippen LogP contribution in [0, 0.1) is 10.7 Å². The first-order chi connectivity index (χ1) is 8.04. The van der Waals surface area contributed by atoms with Gasteiger partial charge in [-0.25, -0.2) is 13.1 Å². The molecule has 0 bridgehead atoms. The summed E-state index contributed by atoms with van der Waals surface area (Å²) in [5.41, 5.74) is -4.77. The molecule has 0 aliphatic heterocycles. The highest BCUT2D eigenvalue weighted by molar-refractivity contribution is 14.1. The molecule has 0 fully saturated rings. The summed E-state index contributed by atoms with van der Waals surface area (Å²) in [6.07, 6.45) is 0. The number of rotatable bonds is 3. The Morgan fingerprint density at radius 1 is 1.17 bits per heavy atom. The van der Waals surface area contributed by atoms with E-state index in [1.807, 2.05) is 73.8 Å². The van der Waals surface area contributed by atoms with Crippen molar-refractivity contribution in [3.05, 3.63) is 28.4 Å². The van der Waals surface area contributed by atoms with Crippen molar-refractivity contribution in [2.45, 2.75) is 12.1 Å². The summed E-state index contributed by atoms with van der Waals surface area (Å²) in [6, 6.07) is 3.49. The largest absolute Gasteiger partial charge is 0.511 e. The van der Waals surface area contributed by atoms with Crippen LogP contribution in [0.3, 0.4) is 0 Å². The minimum Gasteiger partial charge on any atom is -0.203 e. The molecule has 0 amide bonds. The van der Waals surface area contributed by atoms with Gasteiger partial charge in [0.2, 0.25) is 0 Å². The second kappa shape index (κ2) is 6.26. The third kappa shape index (κ3) is 4.31. The molecule has 0 aromatic heterocycles. The van der Waals surface area contributed by atoms with Gasteiger partial charge in [-0.05, 0) is 85.5 Å². The third-order valence-electron chi connectivity index (χ3n) is 1.83. The van der Waals surface area contributed by atoms with E-state index in [0.29, 0.717) is 5.56 Å². The molecule has 1 aromatic rings. The number of halogens is 6. The van der Waals surface area contributed by atoms with Crippen molar-refractivity contribution < 1.29 is 21.6 Å². The molecular formula is C8H5F3I3NO2S. The van der Waals surface area contributed by atoms with Gasteiger partial charge in [0.25, 0.3) is 0 Å². The van der Waals surface area contributed by atoms with Gasteiger partial charge in [0.1, 0.15) is 0 Å². The monoisotopic (exact) mass is 617 g/mol. The Morgan fingerprint density at radius 2 is 1.72 bits per heavy atom. The van der Waals surface area contributed by atoms with Gasteiger partial charge >= 0.3 is 15.5 Å². The van der Waals surface area contributed by atoms with E-state index in [9.17, 15) is 21.6 Å². The van der Waals surface area contributed by atoms with Crippen LogP contribution in [0.1, 0.15) is 5.56 Å². The smallest absolute Gasteiger partial charge is 0.203 e. The van der Waals surface area contributed by atoms with Crippen molar-refractivity contribution >= 4 is 77.8 Å². The van der Waals surface area contributed by atoms with Crippen molar-refractivity contribution in [3.8, 4) is 0 Å². The van der Waals surface area contributed by atoms with E-state index in [4.69, 9.17) is 0 Å².